The van der Waals surface area contributed by atoms with Gasteiger partial charge in [-0.1, -0.05) is 20.3 Å². The number of aliphatic hydroxyl groups is 1. The molecule has 0 spiro atoms. The fourth-order valence-electron chi connectivity index (χ4n) is 2.86. The topological polar surface area (TPSA) is 104 Å². The average Bonchev–Trinajstić information content (AvgIpc) is 3.17. The lowest BCUT2D eigenvalue weighted by Crippen LogP contribution is -2.36. The van der Waals surface area contributed by atoms with E-state index >= 15 is 0 Å². The molecule has 2 unspecified atom stereocenters. The summed E-state index contributed by atoms with van der Waals surface area (Å²) in [5.41, 5.74) is 7.48. The van der Waals surface area contributed by atoms with Crippen molar-refractivity contribution in [1.29, 1.82) is 0 Å². The minimum Gasteiger partial charge on any atom is -0.382 e. The monoisotopic (exact) mass is 510 g/mol. The molecule has 1 aliphatic rings. The zero-order chi connectivity index (χ0) is 20.0. The van der Waals surface area contributed by atoms with Crippen molar-refractivity contribution in [2.24, 2.45) is 0 Å². The Morgan fingerprint density at radius 1 is 1.44 bits per heavy atom. The normalized spacial score (nSPS) is 22.7. The molecule has 1 fully saturated rings. The summed E-state index contributed by atoms with van der Waals surface area (Å²) in [7, 11) is 1.24. The highest BCUT2D eigenvalue weighted by molar-refractivity contribution is 14.2. The summed E-state index contributed by atoms with van der Waals surface area (Å²) in [6.07, 6.45) is 2.44. The summed E-state index contributed by atoms with van der Waals surface area (Å²) in [6.45, 7) is 7.82. The second-order valence-electron chi connectivity index (χ2n) is 6.76. The SMILES string of the molecule is CC(C)(O)O[C@H]1CC(c2ccc3c(N)ncnn23)OC1COSI.CCC. The van der Waals surface area contributed by atoms with Gasteiger partial charge >= 0.3 is 0 Å². The molecule has 27 heavy (non-hydrogen) atoms. The molecule has 0 amide bonds. The van der Waals surface area contributed by atoms with E-state index in [2.05, 4.69) is 45.1 Å². The smallest absolute Gasteiger partial charge is 0.160 e. The Labute approximate surface area is 175 Å². The van der Waals surface area contributed by atoms with Crippen LogP contribution in [-0.2, 0) is 13.7 Å². The lowest BCUT2D eigenvalue weighted by molar-refractivity contribution is -0.215. The van der Waals surface area contributed by atoms with Crippen molar-refractivity contribution < 1.29 is 18.8 Å². The van der Waals surface area contributed by atoms with Crippen LogP contribution in [0.4, 0.5) is 5.82 Å². The van der Waals surface area contributed by atoms with Gasteiger partial charge in [0.05, 0.1) is 27.6 Å². The van der Waals surface area contributed by atoms with E-state index in [0.717, 1.165) is 11.2 Å². The van der Waals surface area contributed by atoms with Gasteiger partial charge in [0, 0.05) is 27.6 Å². The fraction of sp³-hybridized carbons (Fsp3) is 0.647. The van der Waals surface area contributed by atoms with Crippen LogP contribution in [0.2, 0.25) is 0 Å². The van der Waals surface area contributed by atoms with Crippen LogP contribution in [0.25, 0.3) is 5.52 Å². The molecular weight excluding hydrogens is 483 g/mol. The Hall–Kier alpha value is -0.660. The molecule has 0 bridgehead atoms. The first kappa shape index (κ1) is 22.6. The van der Waals surface area contributed by atoms with E-state index in [9.17, 15) is 5.11 Å². The van der Waals surface area contributed by atoms with Crippen LogP contribution in [-0.4, -0.2) is 44.3 Å². The molecule has 1 saturated heterocycles. The summed E-state index contributed by atoms with van der Waals surface area (Å²) in [5.74, 6) is -0.827. The highest BCUT2D eigenvalue weighted by atomic mass is 127. The summed E-state index contributed by atoms with van der Waals surface area (Å²) >= 11 is 2.05. The van der Waals surface area contributed by atoms with E-state index in [4.69, 9.17) is 19.4 Å². The third kappa shape index (κ3) is 6.16. The predicted molar refractivity (Wildman–Crippen MR) is 114 cm³/mol. The van der Waals surface area contributed by atoms with Crippen LogP contribution in [0, 0.1) is 0 Å². The summed E-state index contributed by atoms with van der Waals surface area (Å²) in [5, 5.41) is 14.2. The molecule has 0 aliphatic carbocycles. The maximum atomic E-state index is 9.98. The van der Waals surface area contributed by atoms with Crippen molar-refractivity contribution in [3.63, 3.8) is 0 Å². The van der Waals surface area contributed by atoms with Crippen molar-refractivity contribution in [2.45, 2.75) is 64.6 Å². The van der Waals surface area contributed by atoms with Crippen LogP contribution < -0.4 is 5.73 Å². The number of hydrogen-bond acceptors (Lipinski definition) is 8. The summed E-state index contributed by atoms with van der Waals surface area (Å²) in [6, 6.07) is 3.78. The van der Waals surface area contributed by atoms with Gasteiger partial charge in [0.25, 0.3) is 0 Å². The zero-order valence-electron chi connectivity index (χ0n) is 16.0. The number of nitrogen functional groups attached to an aromatic ring is 1. The number of anilines is 1. The van der Waals surface area contributed by atoms with Gasteiger partial charge in [0.2, 0.25) is 0 Å². The molecule has 3 atom stereocenters. The number of hydrogen-bond donors (Lipinski definition) is 2. The van der Waals surface area contributed by atoms with Crippen molar-refractivity contribution in [1.82, 2.24) is 14.6 Å². The number of rotatable bonds is 6. The van der Waals surface area contributed by atoms with E-state index in [-0.39, 0.29) is 18.3 Å². The van der Waals surface area contributed by atoms with Gasteiger partial charge < -0.3 is 24.5 Å². The van der Waals surface area contributed by atoms with Gasteiger partial charge in [0.1, 0.15) is 24.1 Å². The maximum Gasteiger partial charge on any atom is 0.160 e. The number of nitrogens with two attached hydrogens (primary N) is 1. The molecule has 152 valence electrons. The lowest BCUT2D eigenvalue weighted by atomic mass is 10.1. The first-order valence-electron chi connectivity index (χ1n) is 8.84. The van der Waals surface area contributed by atoms with E-state index in [1.807, 2.05) is 12.1 Å². The van der Waals surface area contributed by atoms with Crippen molar-refractivity contribution in [3.05, 3.63) is 24.2 Å². The van der Waals surface area contributed by atoms with Crippen molar-refractivity contribution >= 4 is 41.8 Å². The van der Waals surface area contributed by atoms with Crippen LogP contribution in [0.15, 0.2) is 18.5 Å². The minimum atomic E-state index is -1.24. The van der Waals surface area contributed by atoms with Crippen LogP contribution in [0.3, 0.4) is 0 Å². The Kier molecular flexibility index (Phi) is 8.56. The predicted octanol–water partition coefficient (Wildman–Crippen LogP) is 3.69. The molecule has 1 aliphatic heterocycles. The second kappa shape index (κ2) is 10.2. The first-order valence-corrected chi connectivity index (χ1v) is 12.1. The third-order valence-corrected chi connectivity index (χ3v) is 4.75. The number of aromatic nitrogens is 3. The molecule has 0 saturated carbocycles. The maximum absolute atomic E-state index is 9.98. The van der Waals surface area contributed by atoms with E-state index in [0.29, 0.717) is 18.8 Å². The van der Waals surface area contributed by atoms with Gasteiger partial charge in [-0.15, -0.1) is 0 Å². The Balaban J connectivity index is 0.000000817. The molecule has 3 N–H and O–H groups in total. The van der Waals surface area contributed by atoms with Crippen molar-refractivity contribution in [2.75, 3.05) is 12.3 Å². The van der Waals surface area contributed by atoms with Gasteiger partial charge in [-0.25, -0.2) is 9.50 Å². The number of nitrogens with zero attached hydrogens (tertiary/aromatic N) is 3. The van der Waals surface area contributed by atoms with Crippen LogP contribution in [0.1, 0.15) is 52.3 Å². The standard InChI is InChI=1S/C14H19IN4O4S.C3H8/c1-14(2,20)23-11-5-10(22-12(11)6-21-24-15)8-3-4-9-13(16)17-7-18-19(8)9;1-3-2/h3-4,7,10-12,20H,5-6H2,1-2H3,(H2,16,17,18);3H2,1-2H3/t10?,11-,12?;/m0./s1. The van der Waals surface area contributed by atoms with Crippen LogP contribution in [0.5, 0.6) is 0 Å². The number of halogens is 1. The Bertz CT molecular complexity index is 725. The van der Waals surface area contributed by atoms with E-state index < -0.39 is 5.79 Å². The molecule has 3 heterocycles. The van der Waals surface area contributed by atoms with Crippen molar-refractivity contribution in [3.8, 4) is 0 Å². The van der Waals surface area contributed by atoms with Gasteiger partial charge in [-0.3, -0.25) is 0 Å². The molecule has 2 aromatic rings. The first-order chi connectivity index (χ1) is 12.8. The molecular formula is C17H27IN4O4S. The molecule has 8 nitrogen and oxygen atoms in total. The third-order valence-electron chi connectivity index (χ3n) is 3.76. The summed E-state index contributed by atoms with van der Waals surface area (Å²) in [4.78, 5) is 3.99. The largest absolute Gasteiger partial charge is 0.382 e. The lowest BCUT2D eigenvalue weighted by Gasteiger charge is -2.26. The van der Waals surface area contributed by atoms with E-state index in [1.165, 1.54) is 22.0 Å². The minimum absolute atomic E-state index is 0.234. The van der Waals surface area contributed by atoms with Crippen LogP contribution >= 0.6 is 30.4 Å². The van der Waals surface area contributed by atoms with E-state index in [1.54, 1.807) is 18.4 Å². The Morgan fingerprint density at radius 3 is 2.78 bits per heavy atom. The average molecular weight is 510 g/mol. The summed E-state index contributed by atoms with van der Waals surface area (Å²) < 4.78 is 19.0. The second-order valence-corrected chi connectivity index (χ2v) is 8.20. The fourth-order valence-corrected chi connectivity index (χ4v) is 3.48. The molecule has 0 radical (unpaired) electrons. The number of fused-ring (bicyclic) bond motifs is 1. The van der Waals surface area contributed by atoms with Gasteiger partial charge in [-0.2, -0.15) is 5.10 Å². The highest BCUT2D eigenvalue weighted by Gasteiger charge is 2.40. The number of ether oxygens (including phenoxy) is 2. The molecule has 2 aromatic heterocycles. The molecule has 10 heteroatoms. The molecule has 0 aromatic carbocycles. The van der Waals surface area contributed by atoms with Gasteiger partial charge in [-0.05, 0) is 26.0 Å². The van der Waals surface area contributed by atoms with Gasteiger partial charge in [0.15, 0.2) is 11.6 Å². The Morgan fingerprint density at radius 2 is 2.15 bits per heavy atom. The highest BCUT2D eigenvalue weighted by Crippen LogP contribution is 2.37. The quantitative estimate of drug-likeness (QED) is 0.345. The zero-order valence-corrected chi connectivity index (χ0v) is 18.9. The molecule has 3 rings (SSSR count).